The number of benzene rings is 3. The normalized spacial score (nSPS) is 12.9. The fraction of sp³-hybridized carbons (Fsp3) is 0.231. The van der Waals surface area contributed by atoms with Crippen LogP contribution in [0.5, 0.6) is 0 Å². The standard InChI is InChI=1S/C26H27N/c1-27(20-25-18-17-24-11-5-6-12-26(24)25)19-7-8-21-13-15-23(16-14-21)22-9-3-2-4-10-22/h2-6,9-16,18H,7-8,17,19-20H2,1H3. The number of hydrogen-bond acceptors (Lipinski definition) is 1. The van der Waals surface area contributed by atoms with Crippen molar-refractivity contribution in [3.8, 4) is 11.1 Å². The fourth-order valence-electron chi connectivity index (χ4n) is 3.92. The quantitative estimate of drug-likeness (QED) is 0.514. The molecule has 4 rings (SSSR count). The van der Waals surface area contributed by atoms with E-state index >= 15 is 0 Å². The number of rotatable bonds is 7. The van der Waals surface area contributed by atoms with Gasteiger partial charge in [-0.2, -0.15) is 0 Å². The summed E-state index contributed by atoms with van der Waals surface area (Å²) in [7, 11) is 2.24. The highest BCUT2D eigenvalue weighted by atomic mass is 15.1. The van der Waals surface area contributed by atoms with Gasteiger partial charge in [0.05, 0.1) is 0 Å². The fourth-order valence-corrected chi connectivity index (χ4v) is 3.92. The maximum atomic E-state index is 2.45. The molecular formula is C26H27N. The second-order valence-electron chi connectivity index (χ2n) is 7.49. The minimum Gasteiger partial charge on any atom is -0.302 e. The molecular weight excluding hydrogens is 326 g/mol. The first-order valence-electron chi connectivity index (χ1n) is 9.90. The Kier molecular flexibility index (Phi) is 5.50. The van der Waals surface area contributed by atoms with Crippen LogP contribution in [0.15, 0.2) is 84.9 Å². The van der Waals surface area contributed by atoms with E-state index < -0.39 is 0 Å². The molecule has 0 saturated heterocycles. The Bertz CT molecular complexity index is 906. The van der Waals surface area contributed by atoms with Gasteiger partial charge in [-0.05, 0) is 66.2 Å². The molecule has 0 spiro atoms. The summed E-state index contributed by atoms with van der Waals surface area (Å²) in [5.41, 5.74) is 8.41. The van der Waals surface area contributed by atoms with Crippen LogP contribution in [0.3, 0.4) is 0 Å². The molecule has 0 aromatic heterocycles. The van der Waals surface area contributed by atoms with Gasteiger partial charge in [0, 0.05) is 6.54 Å². The molecule has 1 nitrogen and oxygen atoms in total. The van der Waals surface area contributed by atoms with Gasteiger partial charge in [-0.25, -0.2) is 0 Å². The second kappa shape index (κ2) is 8.37. The monoisotopic (exact) mass is 353 g/mol. The lowest BCUT2D eigenvalue weighted by atomic mass is 10.0. The Morgan fingerprint density at radius 3 is 2.30 bits per heavy atom. The topological polar surface area (TPSA) is 3.24 Å². The maximum absolute atomic E-state index is 2.45. The predicted molar refractivity (Wildman–Crippen MR) is 116 cm³/mol. The molecule has 27 heavy (non-hydrogen) atoms. The Labute approximate surface area is 163 Å². The molecule has 0 fully saturated rings. The predicted octanol–water partition coefficient (Wildman–Crippen LogP) is 5.86. The summed E-state index contributed by atoms with van der Waals surface area (Å²) in [6.07, 6.45) is 5.81. The van der Waals surface area contributed by atoms with Crippen LogP contribution in [0.1, 0.15) is 23.1 Å². The average molecular weight is 354 g/mol. The smallest absolute Gasteiger partial charge is 0.0233 e. The van der Waals surface area contributed by atoms with E-state index in [2.05, 4.69) is 96.9 Å². The third-order valence-electron chi connectivity index (χ3n) is 5.44. The van der Waals surface area contributed by atoms with Gasteiger partial charge in [-0.15, -0.1) is 0 Å². The van der Waals surface area contributed by atoms with Crippen molar-refractivity contribution in [2.75, 3.05) is 20.1 Å². The minimum absolute atomic E-state index is 1.05. The van der Waals surface area contributed by atoms with Gasteiger partial charge in [-0.1, -0.05) is 84.9 Å². The number of nitrogens with zero attached hydrogens (tertiary/aromatic N) is 1. The summed E-state index contributed by atoms with van der Waals surface area (Å²) in [5, 5.41) is 0. The number of aryl methyl sites for hydroxylation is 1. The number of hydrogen-bond donors (Lipinski definition) is 0. The van der Waals surface area contributed by atoms with Crippen molar-refractivity contribution in [2.45, 2.75) is 19.3 Å². The zero-order valence-corrected chi connectivity index (χ0v) is 16.1. The minimum atomic E-state index is 1.05. The van der Waals surface area contributed by atoms with E-state index in [-0.39, 0.29) is 0 Å². The van der Waals surface area contributed by atoms with Crippen molar-refractivity contribution in [3.63, 3.8) is 0 Å². The highest BCUT2D eigenvalue weighted by Gasteiger charge is 2.14. The summed E-state index contributed by atoms with van der Waals surface area (Å²) in [6.45, 7) is 2.17. The van der Waals surface area contributed by atoms with Gasteiger partial charge in [0.15, 0.2) is 0 Å². The third kappa shape index (κ3) is 4.37. The molecule has 1 aliphatic carbocycles. The van der Waals surface area contributed by atoms with Crippen LogP contribution in [0.2, 0.25) is 0 Å². The molecule has 0 radical (unpaired) electrons. The first-order chi connectivity index (χ1) is 13.3. The van der Waals surface area contributed by atoms with E-state index in [0.29, 0.717) is 0 Å². The Hall–Kier alpha value is -2.64. The van der Waals surface area contributed by atoms with E-state index in [1.165, 1.54) is 39.8 Å². The van der Waals surface area contributed by atoms with E-state index in [1.807, 2.05) is 0 Å². The molecule has 136 valence electrons. The second-order valence-corrected chi connectivity index (χ2v) is 7.49. The summed E-state index contributed by atoms with van der Waals surface area (Å²) < 4.78 is 0. The lowest BCUT2D eigenvalue weighted by molar-refractivity contribution is 0.369. The molecule has 1 aliphatic rings. The highest BCUT2D eigenvalue weighted by Crippen LogP contribution is 2.27. The molecule has 0 aliphatic heterocycles. The molecule has 0 N–H and O–H groups in total. The van der Waals surface area contributed by atoms with E-state index in [1.54, 1.807) is 0 Å². The summed E-state index contributed by atoms with van der Waals surface area (Å²) >= 11 is 0. The number of fused-ring (bicyclic) bond motifs is 1. The van der Waals surface area contributed by atoms with Crippen LogP contribution in [-0.4, -0.2) is 25.0 Å². The molecule has 3 aromatic rings. The molecule has 0 saturated carbocycles. The summed E-state index contributed by atoms with van der Waals surface area (Å²) in [4.78, 5) is 2.45. The van der Waals surface area contributed by atoms with Gasteiger partial charge in [0.1, 0.15) is 0 Å². The Balaban J connectivity index is 1.26. The van der Waals surface area contributed by atoms with Crippen molar-refractivity contribution in [2.24, 2.45) is 0 Å². The van der Waals surface area contributed by atoms with Crippen LogP contribution < -0.4 is 0 Å². The van der Waals surface area contributed by atoms with Gasteiger partial charge < -0.3 is 4.90 Å². The van der Waals surface area contributed by atoms with Gasteiger partial charge >= 0.3 is 0 Å². The van der Waals surface area contributed by atoms with Crippen LogP contribution >= 0.6 is 0 Å². The van der Waals surface area contributed by atoms with Crippen molar-refractivity contribution in [3.05, 3.63) is 102 Å². The third-order valence-corrected chi connectivity index (χ3v) is 5.44. The molecule has 0 heterocycles. The lowest BCUT2D eigenvalue weighted by Crippen LogP contribution is -2.22. The highest BCUT2D eigenvalue weighted by molar-refractivity contribution is 5.74. The van der Waals surface area contributed by atoms with Crippen LogP contribution in [-0.2, 0) is 12.8 Å². The average Bonchev–Trinajstić information content (AvgIpc) is 3.12. The Morgan fingerprint density at radius 1 is 0.778 bits per heavy atom. The largest absolute Gasteiger partial charge is 0.302 e. The number of likely N-dealkylation sites (N-methyl/N-ethyl adjacent to an activating group) is 1. The van der Waals surface area contributed by atoms with E-state index in [4.69, 9.17) is 0 Å². The zero-order valence-electron chi connectivity index (χ0n) is 16.1. The lowest BCUT2D eigenvalue weighted by Gasteiger charge is -2.18. The Morgan fingerprint density at radius 2 is 1.48 bits per heavy atom. The van der Waals surface area contributed by atoms with E-state index in [0.717, 1.165) is 25.9 Å². The van der Waals surface area contributed by atoms with Crippen molar-refractivity contribution in [1.82, 2.24) is 4.90 Å². The molecule has 3 aromatic carbocycles. The van der Waals surface area contributed by atoms with E-state index in [9.17, 15) is 0 Å². The van der Waals surface area contributed by atoms with Crippen LogP contribution in [0.25, 0.3) is 16.7 Å². The first-order valence-corrected chi connectivity index (χ1v) is 9.90. The SMILES string of the molecule is CN(CCCc1ccc(-c2ccccc2)cc1)CC1=CCc2ccccc21. The van der Waals surface area contributed by atoms with Crippen LogP contribution in [0, 0.1) is 0 Å². The number of allylic oxidation sites excluding steroid dienone is 1. The van der Waals surface area contributed by atoms with Crippen molar-refractivity contribution >= 4 is 5.57 Å². The molecule has 1 heteroatoms. The van der Waals surface area contributed by atoms with Gasteiger partial charge in [-0.3, -0.25) is 0 Å². The first kappa shape index (κ1) is 17.8. The van der Waals surface area contributed by atoms with Crippen molar-refractivity contribution in [1.29, 1.82) is 0 Å². The zero-order chi connectivity index (χ0) is 18.5. The van der Waals surface area contributed by atoms with Gasteiger partial charge in [0.25, 0.3) is 0 Å². The molecule has 0 amide bonds. The summed E-state index contributed by atoms with van der Waals surface area (Å²) in [5.74, 6) is 0. The maximum Gasteiger partial charge on any atom is 0.0233 e. The molecule has 0 atom stereocenters. The van der Waals surface area contributed by atoms with Crippen LogP contribution in [0.4, 0.5) is 0 Å². The van der Waals surface area contributed by atoms with Gasteiger partial charge in [0.2, 0.25) is 0 Å². The molecule has 0 bridgehead atoms. The summed E-state index contributed by atoms with van der Waals surface area (Å²) in [6, 6.07) is 28.4. The van der Waals surface area contributed by atoms with Crippen molar-refractivity contribution < 1.29 is 0 Å². The molecule has 0 unspecified atom stereocenters.